The lowest BCUT2D eigenvalue weighted by Gasteiger charge is -2.29. The second-order valence-electron chi connectivity index (χ2n) is 4.56. The molecule has 1 aliphatic rings. The Kier molecular flexibility index (Phi) is 4.46. The monoisotopic (exact) mass is 308 g/mol. The van der Waals surface area contributed by atoms with Crippen LogP contribution in [0.5, 0.6) is 0 Å². The number of hydrogen-bond acceptors (Lipinski definition) is 5. The van der Waals surface area contributed by atoms with Crippen LogP contribution in [0.1, 0.15) is 0 Å². The first-order valence-corrected chi connectivity index (χ1v) is 7.73. The summed E-state index contributed by atoms with van der Waals surface area (Å²) in [7, 11) is -0.0950. The van der Waals surface area contributed by atoms with Gasteiger partial charge in [-0.1, -0.05) is 11.6 Å². The van der Waals surface area contributed by atoms with Gasteiger partial charge in [0.15, 0.2) is 0 Å². The van der Waals surface area contributed by atoms with Crippen LogP contribution in [0.2, 0.25) is 5.15 Å². The fourth-order valence-corrected chi connectivity index (χ4v) is 3.33. The van der Waals surface area contributed by atoms with Gasteiger partial charge in [0.25, 0.3) is 10.0 Å². The highest BCUT2D eigenvalue weighted by atomic mass is 35.5. The molecule has 1 N–H and O–H groups in total. The van der Waals surface area contributed by atoms with Crippen molar-refractivity contribution < 1.29 is 13.2 Å². The lowest BCUT2D eigenvalue weighted by molar-refractivity contribution is -0.0156. The minimum absolute atomic E-state index is 0.0918. The summed E-state index contributed by atoms with van der Waals surface area (Å²) in [5.74, 6) is 0. The largest absolute Gasteiger partial charge is 0.374 e. The number of nitrogens with one attached hydrogen (secondary N) is 1. The molecular weight excluding hydrogens is 292 g/mol. The smallest absolute Gasteiger partial charge is 0.261 e. The van der Waals surface area contributed by atoms with Gasteiger partial charge in [0, 0.05) is 26.7 Å². The normalized spacial score (nSPS) is 21.7. The summed E-state index contributed by atoms with van der Waals surface area (Å²) in [5.41, 5.74) is 0. The quantitative estimate of drug-likeness (QED) is 0.825. The number of likely N-dealkylation sites (N-methyl/N-ethyl adjacent to an activating group) is 1. The van der Waals surface area contributed by atoms with Crippen molar-refractivity contribution in [1.82, 2.24) is 19.2 Å². The summed E-state index contributed by atoms with van der Waals surface area (Å²) < 4.78 is 33.5. The van der Waals surface area contributed by atoms with Gasteiger partial charge in [-0.05, 0) is 7.05 Å². The summed E-state index contributed by atoms with van der Waals surface area (Å²) in [6.45, 7) is 2.36. The molecular formula is C10H17ClN4O3S. The average molecular weight is 309 g/mol. The maximum absolute atomic E-state index is 12.0. The summed E-state index contributed by atoms with van der Waals surface area (Å²) >= 11 is 5.88. The molecule has 9 heteroatoms. The van der Waals surface area contributed by atoms with Crippen molar-refractivity contribution in [1.29, 1.82) is 0 Å². The number of halogens is 1. The van der Waals surface area contributed by atoms with E-state index in [1.807, 2.05) is 7.05 Å². The van der Waals surface area contributed by atoms with Crippen LogP contribution in [-0.2, 0) is 21.8 Å². The maximum atomic E-state index is 12.0. The minimum atomic E-state index is -3.70. The van der Waals surface area contributed by atoms with Crippen molar-refractivity contribution in [3.05, 3.63) is 11.5 Å². The van der Waals surface area contributed by atoms with E-state index in [2.05, 4.69) is 14.6 Å². The number of rotatable bonds is 4. The molecule has 1 atom stereocenters. The molecule has 0 radical (unpaired) electrons. The number of morpholine rings is 1. The molecule has 0 bridgehead atoms. The maximum Gasteiger partial charge on any atom is 0.261 e. The Morgan fingerprint density at radius 1 is 1.58 bits per heavy atom. The van der Waals surface area contributed by atoms with Crippen molar-refractivity contribution in [2.75, 3.05) is 33.3 Å². The molecule has 2 heterocycles. The Labute approximate surface area is 117 Å². The molecule has 0 amide bonds. The van der Waals surface area contributed by atoms with Gasteiger partial charge in [0.1, 0.15) is 5.15 Å². The molecule has 1 unspecified atom stereocenters. The number of ether oxygens (including phenoxy) is 1. The highest BCUT2D eigenvalue weighted by Gasteiger charge is 2.25. The average Bonchev–Trinajstić information content (AvgIpc) is 2.68. The molecule has 1 fully saturated rings. The van der Waals surface area contributed by atoms with Crippen LogP contribution in [0.25, 0.3) is 0 Å². The standard InChI is InChI=1S/C10H17ClN4O3S/c1-14-3-4-18-8(6-14)5-13-19(16,17)10-9(11)15(2)7-12-10/h7-8,13H,3-6H2,1-2H3. The zero-order valence-corrected chi connectivity index (χ0v) is 12.4. The van der Waals surface area contributed by atoms with Crippen LogP contribution in [0, 0.1) is 0 Å². The third kappa shape index (κ3) is 3.46. The molecule has 0 saturated carbocycles. The molecule has 2 rings (SSSR count). The Hall–Kier alpha value is -0.670. The van der Waals surface area contributed by atoms with Gasteiger partial charge in [-0.15, -0.1) is 0 Å². The van der Waals surface area contributed by atoms with Crippen LogP contribution in [-0.4, -0.2) is 62.3 Å². The number of aromatic nitrogens is 2. The van der Waals surface area contributed by atoms with Crippen molar-refractivity contribution in [3.63, 3.8) is 0 Å². The number of imidazole rings is 1. The highest BCUT2D eigenvalue weighted by Crippen LogP contribution is 2.18. The van der Waals surface area contributed by atoms with E-state index < -0.39 is 10.0 Å². The molecule has 7 nitrogen and oxygen atoms in total. The van der Waals surface area contributed by atoms with Gasteiger partial charge in [-0.3, -0.25) is 0 Å². The van der Waals surface area contributed by atoms with Gasteiger partial charge in [0.05, 0.1) is 19.0 Å². The van der Waals surface area contributed by atoms with Crippen molar-refractivity contribution in [2.24, 2.45) is 7.05 Å². The lowest BCUT2D eigenvalue weighted by Crippen LogP contribution is -2.45. The van der Waals surface area contributed by atoms with Crippen LogP contribution < -0.4 is 4.72 Å². The number of hydrogen-bond donors (Lipinski definition) is 1. The summed E-state index contributed by atoms with van der Waals surface area (Å²) in [6.07, 6.45) is 1.21. The van der Waals surface area contributed by atoms with Crippen LogP contribution >= 0.6 is 11.6 Å². The van der Waals surface area contributed by atoms with Gasteiger partial charge in [-0.2, -0.15) is 0 Å². The van der Waals surface area contributed by atoms with E-state index in [-0.39, 0.29) is 22.8 Å². The predicted molar refractivity (Wildman–Crippen MR) is 70.6 cm³/mol. The molecule has 1 aromatic heterocycles. The first-order valence-electron chi connectivity index (χ1n) is 5.87. The molecule has 1 saturated heterocycles. The molecule has 1 aromatic rings. The first kappa shape index (κ1) is 14.7. The molecule has 108 valence electrons. The van der Waals surface area contributed by atoms with Crippen molar-refractivity contribution in [2.45, 2.75) is 11.1 Å². The van der Waals surface area contributed by atoms with E-state index in [0.717, 1.165) is 6.54 Å². The van der Waals surface area contributed by atoms with E-state index in [0.29, 0.717) is 13.2 Å². The lowest BCUT2D eigenvalue weighted by atomic mass is 10.3. The molecule has 0 aliphatic carbocycles. The fourth-order valence-electron chi connectivity index (χ4n) is 1.84. The van der Waals surface area contributed by atoms with E-state index in [1.54, 1.807) is 7.05 Å². The Bertz CT molecular complexity index is 545. The van der Waals surface area contributed by atoms with Crippen LogP contribution in [0.3, 0.4) is 0 Å². The number of aryl methyl sites for hydroxylation is 1. The van der Waals surface area contributed by atoms with Gasteiger partial charge >= 0.3 is 0 Å². The van der Waals surface area contributed by atoms with E-state index in [1.165, 1.54) is 10.9 Å². The van der Waals surface area contributed by atoms with E-state index in [4.69, 9.17) is 16.3 Å². The zero-order valence-electron chi connectivity index (χ0n) is 10.8. The fraction of sp³-hybridized carbons (Fsp3) is 0.700. The number of sulfonamides is 1. The van der Waals surface area contributed by atoms with Crippen molar-refractivity contribution in [3.8, 4) is 0 Å². The third-order valence-electron chi connectivity index (χ3n) is 2.93. The SMILES string of the molecule is CN1CCOC(CNS(=O)(=O)c2ncn(C)c2Cl)C1. The topological polar surface area (TPSA) is 76.5 Å². The first-order chi connectivity index (χ1) is 8.90. The van der Waals surface area contributed by atoms with Gasteiger partial charge in [-0.25, -0.2) is 18.1 Å². The third-order valence-corrected chi connectivity index (χ3v) is 4.84. The Balaban J connectivity index is 2.00. The van der Waals surface area contributed by atoms with E-state index >= 15 is 0 Å². The second-order valence-corrected chi connectivity index (χ2v) is 6.60. The zero-order chi connectivity index (χ0) is 14.0. The minimum Gasteiger partial charge on any atom is -0.374 e. The summed E-state index contributed by atoms with van der Waals surface area (Å²) in [4.78, 5) is 5.89. The van der Waals surface area contributed by atoms with Crippen LogP contribution in [0.4, 0.5) is 0 Å². The Morgan fingerprint density at radius 3 is 2.89 bits per heavy atom. The highest BCUT2D eigenvalue weighted by molar-refractivity contribution is 7.89. The molecule has 1 aliphatic heterocycles. The summed E-state index contributed by atoms with van der Waals surface area (Å²) in [5, 5.41) is -0.0602. The molecule has 19 heavy (non-hydrogen) atoms. The van der Waals surface area contributed by atoms with Gasteiger partial charge in [0.2, 0.25) is 5.03 Å². The number of nitrogens with zero attached hydrogens (tertiary/aromatic N) is 3. The Morgan fingerprint density at radius 2 is 2.32 bits per heavy atom. The predicted octanol–water partition coefficient (Wildman–Crippen LogP) is -0.318. The summed E-state index contributed by atoms with van der Waals surface area (Å²) in [6, 6.07) is 0. The second kappa shape index (κ2) is 5.76. The van der Waals surface area contributed by atoms with E-state index in [9.17, 15) is 8.42 Å². The van der Waals surface area contributed by atoms with Crippen LogP contribution in [0.15, 0.2) is 11.4 Å². The van der Waals surface area contributed by atoms with Gasteiger partial charge < -0.3 is 14.2 Å². The molecule has 0 spiro atoms. The molecule has 0 aromatic carbocycles. The van der Waals surface area contributed by atoms with Crippen molar-refractivity contribution >= 4 is 21.6 Å².